The molecule has 0 aliphatic heterocycles. The maximum atomic E-state index is 12.0. The van der Waals surface area contributed by atoms with Crippen LogP contribution in [0.25, 0.3) is 0 Å². The summed E-state index contributed by atoms with van der Waals surface area (Å²) in [4.78, 5) is 12.0. The molecule has 0 aromatic heterocycles. The average molecular weight is 332 g/mol. The van der Waals surface area contributed by atoms with Crippen molar-refractivity contribution in [2.75, 3.05) is 6.61 Å². The Hall–Kier alpha value is -2.00. The van der Waals surface area contributed by atoms with Crippen LogP contribution in [0.5, 0.6) is 5.75 Å². The number of ether oxygens (including phenoxy) is 1. The Balaban J connectivity index is 1.68. The number of carbonyl (C=O) groups excluding carboxylic acids is 1. The van der Waals surface area contributed by atoms with Crippen LogP contribution >= 0.6 is 11.6 Å². The Morgan fingerprint density at radius 2 is 1.78 bits per heavy atom. The zero-order chi connectivity index (χ0) is 16.7. The van der Waals surface area contributed by atoms with E-state index in [1.807, 2.05) is 38.1 Å². The molecule has 2 rings (SSSR count). The average Bonchev–Trinajstić information content (AvgIpc) is 2.54. The molecule has 23 heavy (non-hydrogen) atoms. The monoisotopic (exact) mass is 331 g/mol. The van der Waals surface area contributed by atoms with Crippen molar-refractivity contribution in [3.05, 3.63) is 64.7 Å². The molecule has 0 heterocycles. The molecule has 0 unspecified atom stereocenters. The Bertz CT molecular complexity index is 623. The van der Waals surface area contributed by atoms with Gasteiger partial charge in [0, 0.05) is 11.4 Å². The van der Waals surface area contributed by atoms with Crippen LogP contribution < -0.4 is 10.1 Å². The molecule has 122 valence electrons. The molecule has 2 aromatic carbocycles. The number of aryl methyl sites for hydroxylation is 1. The molecule has 0 saturated heterocycles. The van der Waals surface area contributed by atoms with Crippen LogP contribution in [0.1, 0.15) is 36.9 Å². The molecule has 0 spiro atoms. The predicted molar refractivity (Wildman–Crippen MR) is 93.9 cm³/mol. The van der Waals surface area contributed by atoms with Crippen LogP contribution in [-0.4, -0.2) is 12.5 Å². The van der Waals surface area contributed by atoms with Gasteiger partial charge in [0.1, 0.15) is 5.75 Å². The Labute approximate surface area is 142 Å². The lowest BCUT2D eigenvalue weighted by Gasteiger charge is -2.14. The lowest BCUT2D eigenvalue weighted by Crippen LogP contribution is -2.26. The minimum Gasteiger partial charge on any atom is -0.494 e. The number of amides is 1. The van der Waals surface area contributed by atoms with Gasteiger partial charge in [0.25, 0.3) is 0 Å². The van der Waals surface area contributed by atoms with Gasteiger partial charge >= 0.3 is 0 Å². The molecule has 0 radical (unpaired) electrons. The summed E-state index contributed by atoms with van der Waals surface area (Å²) in [6.45, 7) is 4.55. The summed E-state index contributed by atoms with van der Waals surface area (Å²) in [5.41, 5.74) is 2.33. The minimum atomic E-state index is 0.0142. The van der Waals surface area contributed by atoms with E-state index in [0.29, 0.717) is 24.5 Å². The quantitative estimate of drug-likeness (QED) is 0.748. The SMILES string of the molecule is Cc1ccc([C@@H](C)NC(=O)CCCOc2ccc(Cl)cc2)cc1. The minimum absolute atomic E-state index is 0.0142. The fraction of sp³-hybridized carbons (Fsp3) is 0.316. The van der Waals surface area contributed by atoms with E-state index in [1.165, 1.54) is 5.56 Å². The molecule has 2 aromatic rings. The highest BCUT2D eigenvalue weighted by molar-refractivity contribution is 6.30. The van der Waals surface area contributed by atoms with Crippen molar-refractivity contribution in [1.82, 2.24) is 5.32 Å². The number of hydrogen-bond donors (Lipinski definition) is 1. The van der Waals surface area contributed by atoms with Crippen molar-refractivity contribution in [1.29, 1.82) is 0 Å². The Morgan fingerprint density at radius 3 is 2.43 bits per heavy atom. The number of hydrogen-bond acceptors (Lipinski definition) is 2. The molecule has 1 amide bonds. The van der Waals surface area contributed by atoms with E-state index in [2.05, 4.69) is 17.4 Å². The van der Waals surface area contributed by atoms with Gasteiger partial charge in [0.2, 0.25) is 5.91 Å². The molecule has 4 heteroatoms. The Morgan fingerprint density at radius 1 is 1.13 bits per heavy atom. The summed E-state index contributed by atoms with van der Waals surface area (Å²) in [6.07, 6.45) is 1.12. The molecule has 0 fully saturated rings. The summed E-state index contributed by atoms with van der Waals surface area (Å²) < 4.78 is 5.58. The lowest BCUT2D eigenvalue weighted by molar-refractivity contribution is -0.121. The number of rotatable bonds is 7. The normalized spacial score (nSPS) is 11.8. The number of benzene rings is 2. The Kier molecular flexibility index (Phi) is 6.48. The summed E-state index contributed by atoms with van der Waals surface area (Å²) in [5, 5.41) is 3.69. The molecule has 0 saturated carbocycles. The van der Waals surface area contributed by atoms with Crippen molar-refractivity contribution in [2.45, 2.75) is 32.7 Å². The standard InChI is InChI=1S/C19H22ClNO2/c1-14-5-7-16(8-6-14)15(2)21-19(22)4-3-13-23-18-11-9-17(20)10-12-18/h5-12,15H,3-4,13H2,1-2H3,(H,21,22)/t15-/m1/s1. The fourth-order valence-corrected chi connectivity index (χ4v) is 2.33. The van der Waals surface area contributed by atoms with Crippen molar-refractivity contribution in [3.8, 4) is 5.75 Å². The second kappa shape index (κ2) is 8.59. The smallest absolute Gasteiger partial charge is 0.220 e. The van der Waals surface area contributed by atoms with E-state index >= 15 is 0 Å². The summed E-state index contributed by atoms with van der Waals surface area (Å²) in [5.74, 6) is 0.806. The maximum absolute atomic E-state index is 12.0. The van der Waals surface area contributed by atoms with E-state index in [0.717, 1.165) is 11.3 Å². The second-order valence-electron chi connectivity index (χ2n) is 5.61. The van der Waals surface area contributed by atoms with Crippen LogP contribution in [0.4, 0.5) is 0 Å². The lowest BCUT2D eigenvalue weighted by atomic mass is 10.1. The zero-order valence-corrected chi connectivity index (χ0v) is 14.3. The van der Waals surface area contributed by atoms with Gasteiger partial charge in [-0.1, -0.05) is 41.4 Å². The third-order valence-electron chi connectivity index (χ3n) is 3.59. The van der Waals surface area contributed by atoms with Gasteiger partial charge in [0.15, 0.2) is 0 Å². The maximum Gasteiger partial charge on any atom is 0.220 e. The third-order valence-corrected chi connectivity index (χ3v) is 3.84. The first-order valence-electron chi connectivity index (χ1n) is 7.79. The highest BCUT2D eigenvalue weighted by Crippen LogP contribution is 2.16. The first-order valence-corrected chi connectivity index (χ1v) is 8.16. The molecule has 1 atom stereocenters. The second-order valence-corrected chi connectivity index (χ2v) is 6.04. The van der Waals surface area contributed by atoms with E-state index in [4.69, 9.17) is 16.3 Å². The van der Waals surface area contributed by atoms with Crippen molar-refractivity contribution in [2.24, 2.45) is 0 Å². The van der Waals surface area contributed by atoms with Gasteiger partial charge < -0.3 is 10.1 Å². The first-order chi connectivity index (χ1) is 11.0. The van der Waals surface area contributed by atoms with Crippen LogP contribution in [0, 0.1) is 6.92 Å². The highest BCUT2D eigenvalue weighted by atomic mass is 35.5. The van der Waals surface area contributed by atoms with Crippen LogP contribution in [0.3, 0.4) is 0 Å². The molecule has 0 aliphatic rings. The molecule has 0 bridgehead atoms. The van der Waals surface area contributed by atoms with Gasteiger partial charge in [-0.25, -0.2) is 0 Å². The summed E-state index contributed by atoms with van der Waals surface area (Å²) in [6, 6.07) is 15.4. The largest absolute Gasteiger partial charge is 0.494 e. The van der Waals surface area contributed by atoms with Crippen LogP contribution in [0.2, 0.25) is 5.02 Å². The zero-order valence-electron chi connectivity index (χ0n) is 13.5. The van der Waals surface area contributed by atoms with Crippen LogP contribution in [0.15, 0.2) is 48.5 Å². The number of nitrogens with one attached hydrogen (secondary N) is 1. The van der Waals surface area contributed by atoms with Gasteiger partial charge in [-0.3, -0.25) is 4.79 Å². The number of carbonyl (C=O) groups is 1. The molecular weight excluding hydrogens is 310 g/mol. The number of halogens is 1. The topological polar surface area (TPSA) is 38.3 Å². The van der Waals surface area contributed by atoms with E-state index in [-0.39, 0.29) is 11.9 Å². The molecule has 3 nitrogen and oxygen atoms in total. The molecule has 0 aliphatic carbocycles. The van der Waals surface area contributed by atoms with Gasteiger partial charge in [0.05, 0.1) is 12.6 Å². The van der Waals surface area contributed by atoms with Crippen molar-refractivity contribution < 1.29 is 9.53 Å². The third kappa shape index (κ3) is 5.95. The summed E-state index contributed by atoms with van der Waals surface area (Å²) in [7, 11) is 0. The fourth-order valence-electron chi connectivity index (χ4n) is 2.21. The van der Waals surface area contributed by atoms with E-state index in [1.54, 1.807) is 12.1 Å². The predicted octanol–water partition coefficient (Wildman–Crippen LogP) is 4.68. The van der Waals surface area contributed by atoms with Crippen molar-refractivity contribution >= 4 is 17.5 Å². The van der Waals surface area contributed by atoms with Gasteiger partial charge in [-0.15, -0.1) is 0 Å². The van der Waals surface area contributed by atoms with Gasteiger partial charge in [-0.05, 0) is 50.1 Å². The van der Waals surface area contributed by atoms with E-state index in [9.17, 15) is 4.79 Å². The van der Waals surface area contributed by atoms with E-state index < -0.39 is 0 Å². The highest BCUT2D eigenvalue weighted by Gasteiger charge is 2.09. The van der Waals surface area contributed by atoms with Crippen LogP contribution in [-0.2, 0) is 4.79 Å². The summed E-state index contributed by atoms with van der Waals surface area (Å²) >= 11 is 5.81. The van der Waals surface area contributed by atoms with Crippen molar-refractivity contribution in [3.63, 3.8) is 0 Å². The van der Waals surface area contributed by atoms with Gasteiger partial charge in [-0.2, -0.15) is 0 Å². The first kappa shape index (κ1) is 17.4. The molecular formula is C19H22ClNO2. The molecule has 1 N–H and O–H groups in total.